The number of thioether (sulfide) groups is 1. The molecule has 132 valence electrons. The van der Waals surface area contributed by atoms with Crippen LogP contribution in [0.3, 0.4) is 0 Å². The highest BCUT2D eigenvalue weighted by molar-refractivity contribution is 7.99. The van der Waals surface area contributed by atoms with Crippen molar-refractivity contribution >= 4 is 46.5 Å². The highest BCUT2D eigenvalue weighted by Gasteiger charge is 2.13. The average Bonchev–Trinajstić information content (AvgIpc) is 2.96. The number of nitrogens with one attached hydrogen (secondary N) is 1. The molecule has 0 saturated carbocycles. The van der Waals surface area contributed by atoms with E-state index in [1.165, 1.54) is 24.6 Å². The van der Waals surface area contributed by atoms with E-state index >= 15 is 0 Å². The van der Waals surface area contributed by atoms with Crippen molar-refractivity contribution in [2.45, 2.75) is 44.7 Å². The lowest BCUT2D eigenvalue weighted by molar-refractivity contribution is -0.118. The van der Waals surface area contributed by atoms with Crippen LogP contribution in [0, 0.1) is 5.92 Å². The van der Waals surface area contributed by atoms with Gasteiger partial charge in [0.1, 0.15) is 0 Å². The molecule has 5 nitrogen and oxygen atoms in total. The molecule has 0 bridgehead atoms. The zero-order valence-corrected chi connectivity index (χ0v) is 16.2. The van der Waals surface area contributed by atoms with Gasteiger partial charge in [0.05, 0.1) is 15.8 Å². The highest BCUT2D eigenvalue weighted by Crippen LogP contribution is 2.25. The second-order valence-corrected chi connectivity index (χ2v) is 7.48. The standard InChI is InChI=1S/C16H22Cl2N4OS/c1-3-5-6-11(4-2)8-19-14(23)10-24-16-21-20-15-13(18)7-12(17)9-22(15)16/h7,9,11H,3-6,8,10H2,1-2H3,(H,19,23)/t11-/m0/s1. The Kier molecular flexibility index (Phi) is 7.65. The number of halogens is 2. The summed E-state index contributed by atoms with van der Waals surface area (Å²) in [5, 5.41) is 12.6. The molecule has 0 aliphatic rings. The van der Waals surface area contributed by atoms with E-state index in [2.05, 4.69) is 29.4 Å². The molecule has 0 spiro atoms. The molecule has 0 aromatic carbocycles. The van der Waals surface area contributed by atoms with Gasteiger partial charge in [-0.25, -0.2) is 0 Å². The fourth-order valence-electron chi connectivity index (χ4n) is 2.38. The number of pyridine rings is 1. The molecule has 0 fully saturated rings. The number of aromatic nitrogens is 3. The summed E-state index contributed by atoms with van der Waals surface area (Å²) in [4.78, 5) is 12.1. The smallest absolute Gasteiger partial charge is 0.230 e. The molecule has 24 heavy (non-hydrogen) atoms. The molecule has 0 aliphatic carbocycles. The van der Waals surface area contributed by atoms with Crippen molar-refractivity contribution in [3.63, 3.8) is 0 Å². The van der Waals surface area contributed by atoms with Crippen molar-refractivity contribution in [2.75, 3.05) is 12.3 Å². The zero-order valence-electron chi connectivity index (χ0n) is 13.9. The number of rotatable bonds is 9. The summed E-state index contributed by atoms with van der Waals surface area (Å²) in [6.07, 6.45) is 6.33. The van der Waals surface area contributed by atoms with Gasteiger partial charge in [0.15, 0.2) is 10.8 Å². The summed E-state index contributed by atoms with van der Waals surface area (Å²) in [6.45, 7) is 5.08. The number of carbonyl (C=O) groups is 1. The van der Waals surface area contributed by atoms with Crippen LogP contribution in [0.1, 0.15) is 39.5 Å². The topological polar surface area (TPSA) is 59.3 Å². The Balaban J connectivity index is 1.88. The van der Waals surface area contributed by atoms with Gasteiger partial charge in [-0.3, -0.25) is 9.20 Å². The summed E-state index contributed by atoms with van der Waals surface area (Å²) in [5.41, 5.74) is 0.537. The van der Waals surface area contributed by atoms with Crippen molar-refractivity contribution < 1.29 is 4.79 Å². The van der Waals surface area contributed by atoms with Crippen LogP contribution in [0.25, 0.3) is 5.65 Å². The molecular formula is C16H22Cl2N4OS. The molecule has 0 radical (unpaired) electrons. The van der Waals surface area contributed by atoms with E-state index in [0.29, 0.717) is 26.8 Å². The summed E-state index contributed by atoms with van der Waals surface area (Å²) in [6, 6.07) is 1.62. The third kappa shape index (κ3) is 5.26. The van der Waals surface area contributed by atoms with Crippen LogP contribution >= 0.6 is 35.0 Å². The first kappa shape index (κ1) is 19.3. The minimum Gasteiger partial charge on any atom is -0.355 e. The molecule has 1 atom stereocenters. The van der Waals surface area contributed by atoms with Crippen LogP contribution in [0.5, 0.6) is 0 Å². The molecule has 0 unspecified atom stereocenters. The minimum atomic E-state index is -0.000163. The number of carbonyl (C=O) groups excluding carboxylic acids is 1. The molecule has 0 saturated heterocycles. The Labute approximate surface area is 156 Å². The average molecular weight is 389 g/mol. The normalized spacial score (nSPS) is 12.5. The molecule has 1 N–H and O–H groups in total. The van der Waals surface area contributed by atoms with Gasteiger partial charge in [0.25, 0.3) is 0 Å². The predicted octanol–water partition coefficient (Wildman–Crippen LogP) is 4.46. The molecule has 2 rings (SSSR count). The van der Waals surface area contributed by atoms with Crippen LogP contribution < -0.4 is 5.32 Å². The largest absolute Gasteiger partial charge is 0.355 e. The third-order valence-corrected chi connectivity index (χ3v) is 5.29. The summed E-state index contributed by atoms with van der Waals surface area (Å²) in [7, 11) is 0. The summed E-state index contributed by atoms with van der Waals surface area (Å²) >= 11 is 13.4. The van der Waals surface area contributed by atoms with Gasteiger partial charge in [0, 0.05) is 12.7 Å². The lowest BCUT2D eigenvalue weighted by Crippen LogP contribution is -2.30. The van der Waals surface area contributed by atoms with E-state index in [9.17, 15) is 4.79 Å². The van der Waals surface area contributed by atoms with E-state index < -0.39 is 0 Å². The first-order valence-electron chi connectivity index (χ1n) is 8.14. The van der Waals surface area contributed by atoms with Gasteiger partial charge in [-0.2, -0.15) is 0 Å². The lowest BCUT2D eigenvalue weighted by Gasteiger charge is -2.15. The van der Waals surface area contributed by atoms with E-state index in [0.717, 1.165) is 19.4 Å². The summed E-state index contributed by atoms with van der Waals surface area (Å²) in [5.74, 6) is 0.833. The van der Waals surface area contributed by atoms with Crippen LogP contribution in [0.15, 0.2) is 17.4 Å². The number of hydrogen-bond donors (Lipinski definition) is 1. The Morgan fingerprint density at radius 1 is 1.38 bits per heavy atom. The number of fused-ring (bicyclic) bond motifs is 1. The van der Waals surface area contributed by atoms with Crippen molar-refractivity contribution in [1.82, 2.24) is 19.9 Å². The van der Waals surface area contributed by atoms with Gasteiger partial charge in [-0.15, -0.1) is 10.2 Å². The lowest BCUT2D eigenvalue weighted by atomic mass is 9.99. The second-order valence-electron chi connectivity index (χ2n) is 5.69. The van der Waals surface area contributed by atoms with E-state index in [1.54, 1.807) is 16.7 Å². The van der Waals surface area contributed by atoms with E-state index in [1.807, 2.05) is 0 Å². The molecule has 2 aromatic heterocycles. The third-order valence-electron chi connectivity index (χ3n) is 3.86. The number of unbranched alkanes of at least 4 members (excludes halogenated alkanes) is 1. The van der Waals surface area contributed by atoms with Gasteiger partial charge in [-0.1, -0.05) is 68.1 Å². The van der Waals surface area contributed by atoms with Crippen LogP contribution in [-0.4, -0.2) is 32.8 Å². The Bertz CT molecular complexity index is 692. The first-order chi connectivity index (χ1) is 11.5. The van der Waals surface area contributed by atoms with Crippen molar-refractivity contribution in [1.29, 1.82) is 0 Å². The zero-order chi connectivity index (χ0) is 17.5. The first-order valence-corrected chi connectivity index (χ1v) is 9.88. The van der Waals surface area contributed by atoms with Crippen molar-refractivity contribution in [2.24, 2.45) is 5.92 Å². The molecule has 2 aromatic rings. The second kappa shape index (κ2) is 9.49. The molecule has 0 aliphatic heterocycles. The quantitative estimate of drug-likeness (QED) is 0.644. The Morgan fingerprint density at radius 3 is 2.88 bits per heavy atom. The fraction of sp³-hybridized carbons (Fsp3) is 0.562. The number of nitrogens with zero attached hydrogens (tertiary/aromatic N) is 3. The predicted molar refractivity (Wildman–Crippen MR) is 100 cm³/mol. The SMILES string of the molecule is CCCC[C@H](CC)CNC(=O)CSc1nnc2c(Cl)cc(Cl)cn12. The van der Waals surface area contributed by atoms with Crippen LogP contribution in [-0.2, 0) is 4.79 Å². The Morgan fingerprint density at radius 2 is 2.17 bits per heavy atom. The molecule has 1 amide bonds. The fourth-order valence-corrected chi connectivity index (χ4v) is 3.63. The van der Waals surface area contributed by atoms with E-state index in [4.69, 9.17) is 23.2 Å². The van der Waals surface area contributed by atoms with Gasteiger partial charge in [-0.05, 0) is 18.4 Å². The maximum absolute atomic E-state index is 12.1. The maximum atomic E-state index is 12.1. The highest BCUT2D eigenvalue weighted by atomic mass is 35.5. The molecule has 8 heteroatoms. The van der Waals surface area contributed by atoms with Crippen molar-refractivity contribution in [3.8, 4) is 0 Å². The number of hydrogen-bond acceptors (Lipinski definition) is 4. The van der Waals surface area contributed by atoms with Crippen molar-refractivity contribution in [3.05, 3.63) is 22.3 Å². The van der Waals surface area contributed by atoms with Crippen LogP contribution in [0.2, 0.25) is 10.0 Å². The monoisotopic (exact) mass is 388 g/mol. The molecular weight excluding hydrogens is 367 g/mol. The van der Waals surface area contributed by atoms with E-state index in [-0.39, 0.29) is 11.7 Å². The van der Waals surface area contributed by atoms with Gasteiger partial charge in [0.2, 0.25) is 5.91 Å². The van der Waals surface area contributed by atoms with Crippen LogP contribution in [0.4, 0.5) is 0 Å². The van der Waals surface area contributed by atoms with Gasteiger partial charge < -0.3 is 5.32 Å². The van der Waals surface area contributed by atoms with Gasteiger partial charge >= 0.3 is 0 Å². The Hall–Kier alpha value is -0.980. The summed E-state index contributed by atoms with van der Waals surface area (Å²) < 4.78 is 1.71. The molecule has 2 heterocycles. The minimum absolute atomic E-state index is 0.000163. The number of amides is 1. The maximum Gasteiger partial charge on any atom is 0.230 e.